The number of benzene rings is 1. The normalized spacial score (nSPS) is 12.6. The van der Waals surface area contributed by atoms with Crippen molar-refractivity contribution >= 4 is 22.9 Å². The van der Waals surface area contributed by atoms with Gasteiger partial charge in [0.25, 0.3) is 5.91 Å². The lowest BCUT2D eigenvalue weighted by atomic mass is 10.3. The maximum Gasteiger partial charge on any atom is 0.251 e. The van der Waals surface area contributed by atoms with Gasteiger partial charge in [-0.3, -0.25) is 14.8 Å². The fraction of sp³-hybridized carbons (Fsp3) is 0.450. The minimum atomic E-state index is -0.408. The molecular weight excluding hydrogens is 340 g/mol. The van der Waals surface area contributed by atoms with Gasteiger partial charge in [0.1, 0.15) is 6.04 Å². The number of hydrogen-bond donors (Lipinski definition) is 1. The molecular formula is C20H28N6O. The summed E-state index contributed by atoms with van der Waals surface area (Å²) in [5.41, 5.74) is 2.80. The van der Waals surface area contributed by atoms with Crippen molar-refractivity contribution in [3.05, 3.63) is 42.2 Å². The number of para-hydroxylation sites is 2. The molecule has 1 N–H and O–H groups in total. The lowest BCUT2D eigenvalue weighted by Gasteiger charge is -2.20. The van der Waals surface area contributed by atoms with Gasteiger partial charge >= 0.3 is 0 Å². The molecule has 7 heteroatoms. The standard InChI is InChI=1S/C20H28N6O/c1-5-24(6-2)13-14-25-18-10-8-7-9-17(18)21-20(25)22-19(27)16(4)26-12-11-15(3)23-26/h7-12,16H,5-6,13-14H2,1-4H3,(H,21,22,27). The van der Waals surface area contributed by atoms with Crippen LogP contribution in [0.3, 0.4) is 0 Å². The average molecular weight is 368 g/mol. The van der Waals surface area contributed by atoms with Crippen molar-refractivity contribution < 1.29 is 4.79 Å². The molecule has 1 aromatic carbocycles. The van der Waals surface area contributed by atoms with E-state index in [0.29, 0.717) is 5.95 Å². The van der Waals surface area contributed by atoms with Crippen molar-refractivity contribution in [2.24, 2.45) is 0 Å². The van der Waals surface area contributed by atoms with Crippen molar-refractivity contribution in [1.29, 1.82) is 0 Å². The predicted octanol–water partition coefficient (Wildman–Crippen LogP) is 3.08. The number of hydrogen-bond acceptors (Lipinski definition) is 4. The van der Waals surface area contributed by atoms with Crippen molar-refractivity contribution in [3.8, 4) is 0 Å². The lowest BCUT2D eigenvalue weighted by molar-refractivity contribution is -0.119. The van der Waals surface area contributed by atoms with E-state index in [0.717, 1.165) is 42.9 Å². The Morgan fingerprint density at radius 2 is 1.96 bits per heavy atom. The van der Waals surface area contributed by atoms with Crippen LogP contribution in [0.15, 0.2) is 36.5 Å². The summed E-state index contributed by atoms with van der Waals surface area (Å²) in [5, 5.41) is 7.34. The summed E-state index contributed by atoms with van der Waals surface area (Å²) in [7, 11) is 0. The van der Waals surface area contributed by atoms with Gasteiger partial charge in [-0.2, -0.15) is 5.10 Å². The Balaban J connectivity index is 1.84. The molecule has 2 aromatic heterocycles. The largest absolute Gasteiger partial charge is 0.309 e. The Bertz CT molecular complexity index is 908. The number of imidazole rings is 1. The summed E-state index contributed by atoms with van der Waals surface area (Å²) in [6, 6.07) is 9.46. The number of aryl methyl sites for hydroxylation is 1. The third-order valence-corrected chi connectivity index (χ3v) is 4.94. The van der Waals surface area contributed by atoms with Gasteiger partial charge in [0, 0.05) is 19.3 Å². The number of carbonyl (C=O) groups excluding carboxylic acids is 1. The maximum atomic E-state index is 12.8. The predicted molar refractivity (Wildman–Crippen MR) is 108 cm³/mol. The molecule has 0 saturated heterocycles. The molecule has 0 spiro atoms. The highest BCUT2D eigenvalue weighted by Crippen LogP contribution is 2.20. The van der Waals surface area contributed by atoms with E-state index in [1.165, 1.54) is 0 Å². The number of nitrogens with one attached hydrogen (secondary N) is 1. The third-order valence-electron chi connectivity index (χ3n) is 4.94. The van der Waals surface area contributed by atoms with Crippen LogP contribution in [0, 0.1) is 6.92 Å². The third kappa shape index (κ3) is 4.19. The molecule has 0 aliphatic rings. The molecule has 1 unspecified atom stereocenters. The molecule has 0 fully saturated rings. The van der Waals surface area contributed by atoms with Crippen LogP contribution in [0.5, 0.6) is 0 Å². The molecule has 0 saturated carbocycles. The maximum absolute atomic E-state index is 12.8. The quantitative estimate of drug-likeness (QED) is 0.663. The van der Waals surface area contributed by atoms with Crippen LogP contribution in [0.25, 0.3) is 11.0 Å². The molecule has 0 radical (unpaired) electrons. The van der Waals surface area contributed by atoms with Crippen molar-refractivity contribution in [2.75, 3.05) is 25.0 Å². The molecule has 3 aromatic rings. The van der Waals surface area contributed by atoms with Crippen LogP contribution in [0.4, 0.5) is 5.95 Å². The van der Waals surface area contributed by atoms with Gasteiger partial charge in [0.2, 0.25) is 5.95 Å². The number of carbonyl (C=O) groups is 1. The Morgan fingerprint density at radius 1 is 1.22 bits per heavy atom. The van der Waals surface area contributed by atoms with E-state index in [-0.39, 0.29) is 5.91 Å². The Labute approximate surface area is 160 Å². The first kappa shape index (κ1) is 19.1. The first-order valence-electron chi connectivity index (χ1n) is 9.53. The van der Waals surface area contributed by atoms with E-state index in [4.69, 9.17) is 0 Å². The summed E-state index contributed by atoms with van der Waals surface area (Å²) >= 11 is 0. The van der Waals surface area contributed by atoms with Crippen LogP contribution in [-0.2, 0) is 11.3 Å². The van der Waals surface area contributed by atoms with Gasteiger partial charge in [0.15, 0.2) is 0 Å². The topological polar surface area (TPSA) is 68.0 Å². The van der Waals surface area contributed by atoms with Crippen LogP contribution < -0.4 is 5.32 Å². The Morgan fingerprint density at radius 3 is 2.63 bits per heavy atom. The van der Waals surface area contributed by atoms with E-state index in [9.17, 15) is 4.79 Å². The molecule has 7 nitrogen and oxygen atoms in total. The highest BCUT2D eigenvalue weighted by atomic mass is 16.2. The molecule has 0 aliphatic carbocycles. The van der Waals surface area contributed by atoms with Crippen LogP contribution >= 0.6 is 0 Å². The number of nitrogens with zero attached hydrogens (tertiary/aromatic N) is 5. The molecule has 3 rings (SSSR count). The number of fused-ring (bicyclic) bond motifs is 1. The molecule has 2 heterocycles. The van der Waals surface area contributed by atoms with E-state index in [1.807, 2.05) is 50.4 Å². The minimum absolute atomic E-state index is 0.127. The zero-order chi connectivity index (χ0) is 19.4. The molecule has 0 bridgehead atoms. The lowest BCUT2D eigenvalue weighted by Crippen LogP contribution is -2.29. The van der Waals surface area contributed by atoms with Crippen molar-refractivity contribution in [3.63, 3.8) is 0 Å². The van der Waals surface area contributed by atoms with Crippen LogP contribution in [0.2, 0.25) is 0 Å². The van der Waals surface area contributed by atoms with Gasteiger partial charge in [-0.1, -0.05) is 26.0 Å². The zero-order valence-corrected chi connectivity index (χ0v) is 16.5. The summed E-state index contributed by atoms with van der Waals surface area (Å²) in [4.78, 5) is 19.8. The highest BCUT2D eigenvalue weighted by molar-refractivity contribution is 5.93. The fourth-order valence-corrected chi connectivity index (χ4v) is 3.16. The van der Waals surface area contributed by atoms with Crippen molar-refractivity contribution in [1.82, 2.24) is 24.2 Å². The van der Waals surface area contributed by atoms with E-state index in [1.54, 1.807) is 4.68 Å². The SMILES string of the molecule is CCN(CC)CCn1c(NC(=O)C(C)n2ccc(C)n2)nc2ccccc21. The van der Waals surface area contributed by atoms with Gasteiger partial charge < -0.3 is 9.47 Å². The minimum Gasteiger partial charge on any atom is -0.309 e. The first-order valence-corrected chi connectivity index (χ1v) is 9.53. The van der Waals surface area contributed by atoms with Crippen LogP contribution in [0.1, 0.15) is 32.5 Å². The van der Waals surface area contributed by atoms with Crippen LogP contribution in [-0.4, -0.2) is 49.8 Å². The monoisotopic (exact) mass is 368 g/mol. The smallest absolute Gasteiger partial charge is 0.251 e. The molecule has 0 aliphatic heterocycles. The number of anilines is 1. The van der Waals surface area contributed by atoms with E-state index < -0.39 is 6.04 Å². The molecule has 1 amide bonds. The van der Waals surface area contributed by atoms with Gasteiger partial charge in [-0.15, -0.1) is 0 Å². The average Bonchev–Trinajstić information content (AvgIpc) is 3.25. The van der Waals surface area contributed by atoms with Gasteiger partial charge in [-0.25, -0.2) is 4.98 Å². The number of likely N-dealkylation sites (N-methyl/N-ethyl adjacent to an activating group) is 1. The second-order valence-electron chi connectivity index (χ2n) is 6.71. The fourth-order valence-electron chi connectivity index (χ4n) is 3.16. The van der Waals surface area contributed by atoms with Gasteiger partial charge in [0.05, 0.1) is 16.7 Å². The molecule has 1 atom stereocenters. The number of amides is 1. The summed E-state index contributed by atoms with van der Waals surface area (Å²) in [5.74, 6) is 0.460. The van der Waals surface area contributed by atoms with Gasteiger partial charge in [-0.05, 0) is 45.1 Å². The molecule has 27 heavy (non-hydrogen) atoms. The first-order chi connectivity index (χ1) is 13.0. The molecule has 144 valence electrons. The number of rotatable bonds is 8. The van der Waals surface area contributed by atoms with Crippen molar-refractivity contribution in [2.45, 2.75) is 40.3 Å². The van der Waals surface area contributed by atoms with E-state index >= 15 is 0 Å². The van der Waals surface area contributed by atoms with E-state index in [2.05, 4.69) is 38.7 Å². The summed E-state index contributed by atoms with van der Waals surface area (Å²) in [6.45, 7) is 11.7. The Kier molecular flexibility index (Phi) is 5.91. The Hall–Kier alpha value is -2.67. The second-order valence-corrected chi connectivity index (χ2v) is 6.71. The number of aromatic nitrogens is 4. The summed E-state index contributed by atoms with van der Waals surface area (Å²) < 4.78 is 3.76. The zero-order valence-electron chi connectivity index (χ0n) is 16.5. The second kappa shape index (κ2) is 8.35. The summed E-state index contributed by atoms with van der Waals surface area (Å²) in [6.07, 6.45) is 1.82. The highest BCUT2D eigenvalue weighted by Gasteiger charge is 2.19.